The van der Waals surface area contributed by atoms with Crippen LogP contribution >= 0.6 is 11.3 Å². The smallest absolute Gasteiger partial charge is 0.328 e. The van der Waals surface area contributed by atoms with E-state index in [2.05, 4.69) is 10.3 Å². The molecule has 0 fully saturated rings. The van der Waals surface area contributed by atoms with Crippen molar-refractivity contribution in [3.8, 4) is 11.1 Å². The molecule has 0 saturated heterocycles. The zero-order valence-electron chi connectivity index (χ0n) is 21.5. The maximum Gasteiger partial charge on any atom is 0.328 e. The Bertz CT molecular complexity index is 1610. The molecule has 2 amide bonds. The van der Waals surface area contributed by atoms with Crippen LogP contribution in [0.1, 0.15) is 35.7 Å². The van der Waals surface area contributed by atoms with Gasteiger partial charge in [0.1, 0.15) is 15.9 Å². The van der Waals surface area contributed by atoms with Crippen molar-refractivity contribution in [2.45, 2.75) is 44.5 Å². The molecule has 12 heteroatoms. The van der Waals surface area contributed by atoms with Crippen molar-refractivity contribution < 1.29 is 26.4 Å². The van der Waals surface area contributed by atoms with Crippen molar-refractivity contribution in [2.24, 2.45) is 5.92 Å². The van der Waals surface area contributed by atoms with Gasteiger partial charge in [-0.3, -0.25) is 0 Å². The van der Waals surface area contributed by atoms with Crippen molar-refractivity contribution >= 4 is 27.4 Å². The Morgan fingerprint density at radius 3 is 2.46 bits per heavy atom. The van der Waals surface area contributed by atoms with Gasteiger partial charge in [-0.05, 0) is 54.7 Å². The minimum atomic E-state index is -4.35. The van der Waals surface area contributed by atoms with E-state index in [1.54, 1.807) is 35.2 Å². The van der Waals surface area contributed by atoms with Gasteiger partial charge in [-0.2, -0.15) is 0 Å². The lowest BCUT2D eigenvalue weighted by molar-refractivity contribution is 0.245. The van der Waals surface area contributed by atoms with Crippen LogP contribution in [0.25, 0.3) is 11.1 Å². The standard InChI is InChI=1S/C27H27F3N4O3S2/c1-16(2)10-21-13-22(19-5-6-20(24(29)12-19)15-34-9-8-31-17(34)3)26(38-21)39(36,37)33-27(35)32-14-18-4-7-23(28)25(30)11-18/h4-9,11-13,16H,10,14-15H2,1-3H3,(H2,32,33,35). The number of hydrogen-bond acceptors (Lipinski definition) is 5. The molecule has 0 atom stereocenters. The van der Waals surface area contributed by atoms with Gasteiger partial charge in [-0.15, -0.1) is 11.3 Å². The zero-order valence-corrected chi connectivity index (χ0v) is 23.1. The molecule has 206 valence electrons. The van der Waals surface area contributed by atoms with Gasteiger partial charge in [-0.25, -0.2) is 36.1 Å². The second-order valence-corrected chi connectivity index (χ2v) is 12.5. The number of halogens is 3. The topological polar surface area (TPSA) is 93.1 Å². The highest BCUT2D eigenvalue weighted by Gasteiger charge is 2.26. The number of aromatic nitrogens is 2. The van der Waals surface area contributed by atoms with E-state index < -0.39 is 33.5 Å². The van der Waals surface area contributed by atoms with Crippen molar-refractivity contribution in [3.63, 3.8) is 0 Å². The molecule has 39 heavy (non-hydrogen) atoms. The second-order valence-electron chi connectivity index (χ2n) is 9.46. The number of nitrogens with one attached hydrogen (secondary N) is 2. The molecule has 0 aliphatic heterocycles. The molecule has 7 nitrogen and oxygen atoms in total. The predicted molar refractivity (Wildman–Crippen MR) is 143 cm³/mol. The maximum absolute atomic E-state index is 15.1. The van der Waals surface area contributed by atoms with Gasteiger partial charge in [-0.1, -0.05) is 32.0 Å². The van der Waals surface area contributed by atoms with Crippen LogP contribution < -0.4 is 10.0 Å². The number of nitrogens with zero attached hydrogens (tertiary/aromatic N) is 2. The molecule has 2 heterocycles. The van der Waals surface area contributed by atoms with E-state index in [0.29, 0.717) is 17.5 Å². The van der Waals surface area contributed by atoms with Crippen LogP contribution in [-0.4, -0.2) is 24.0 Å². The number of aryl methyl sites for hydroxylation is 1. The minimum Gasteiger partial charge on any atom is -0.333 e. The Kier molecular flexibility index (Phi) is 8.45. The molecule has 4 rings (SSSR count). The van der Waals surface area contributed by atoms with Gasteiger partial charge >= 0.3 is 6.03 Å². The van der Waals surface area contributed by atoms with Crippen molar-refractivity contribution in [1.29, 1.82) is 0 Å². The fourth-order valence-electron chi connectivity index (χ4n) is 3.96. The summed E-state index contributed by atoms with van der Waals surface area (Å²) in [5.74, 6) is -1.65. The van der Waals surface area contributed by atoms with E-state index in [-0.39, 0.29) is 34.3 Å². The molecule has 0 aliphatic carbocycles. The lowest BCUT2D eigenvalue weighted by Gasteiger charge is -2.11. The number of carbonyl (C=O) groups excluding carboxylic acids is 1. The van der Waals surface area contributed by atoms with E-state index in [4.69, 9.17) is 0 Å². The van der Waals surface area contributed by atoms with Gasteiger partial charge in [0.2, 0.25) is 0 Å². The third-order valence-electron chi connectivity index (χ3n) is 5.90. The SMILES string of the molecule is Cc1nccn1Cc1ccc(-c2cc(CC(C)C)sc2S(=O)(=O)NC(=O)NCc2ccc(F)c(F)c2)cc1F. The minimum absolute atomic E-state index is 0.126. The molecule has 0 bridgehead atoms. The Balaban J connectivity index is 1.58. The lowest BCUT2D eigenvalue weighted by atomic mass is 10.0. The quantitative estimate of drug-likeness (QED) is 0.265. The highest BCUT2D eigenvalue weighted by Crippen LogP contribution is 2.37. The largest absolute Gasteiger partial charge is 0.333 e. The van der Waals surface area contributed by atoms with Gasteiger partial charge < -0.3 is 9.88 Å². The van der Waals surface area contributed by atoms with Crippen molar-refractivity contribution in [2.75, 3.05) is 0 Å². The van der Waals surface area contributed by atoms with Crippen LogP contribution in [0.5, 0.6) is 0 Å². The highest BCUT2D eigenvalue weighted by molar-refractivity contribution is 7.92. The number of amides is 2. The lowest BCUT2D eigenvalue weighted by Crippen LogP contribution is -2.38. The first kappa shape index (κ1) is 28.4. The highest BCUT2D eigenvalue weighted by atomic mass is 32.2. The zero-order chi connectivity index (χ0) is 28.3. The van der Waals surface area contributed by atoms with Crippen LogP contribution in [0.2, 0.25) is 0 Å². The van der Waals surface area contributed by atoms with Gasteiger partial charge in [0, 0.05) is 34.9 Å². The van der Waals surface area contributed by atoms with Crippen LogP contribution in [-0.2, 0) is 29.5 Å². The first-order valence-corrected chi connectivity index (χ1v) is 14.4. The summed E-state index contributed by atoms with van der Waals surface area (Å²) in [4.78, 5) is 17.3. The molecule has 2 aromatic heterocycles. The molecule has 2 aromatic carbocycles. The number of sulfonamides is 1. The molecule has 0 spiro atoms. The number of rotatable bonds is 9. The monoisotopic (exact) mass is 576 g/mol. The number of imidazole rings is 1. The Morgan fingerprint density at radius 2 is 1.82 bits per heavy atom. The van der Waals surface area contributed by atoms with Crippen LogP contribution in [0.4, 0.5) is 18.0 Å². The fourth-order valence-corrected chi connectivity index (χ4v) is 6.84. The molecule has 0 unspecified atom stereocenters. The average Bonchev–Trinajstić information content (AvgIpc) is 3.47. The molecule has 2 N–H and O–H groups in total. The molecule has 0 radical (unpaired) electrons. The summed E-state index contributed by atoms with van der Waals surface area (Å²) < 4.78 is 71.9. The van der Waals surface area contributed by atoms with Gasteiger partial charge in [0.05, 0.1) is 6.54 Å². The van der Waals surface area contributed by atoms with E-state index in [9.17, 15) is 22.0 Å². The summed E-state index contributed by atoms with van der Waals surface area (Å²) in [6, 6.07) is 8.28. The van der Waals surface area contributed by atoms with E-state index in [1.165, 1.54) is 12.1 Å². The third-order valence-corrected chi connectivity index (χ3v) is 8.92. The Labute approximate surface area is 228 Å². The van der Waals surface area contributed by atoms with E-state index in [0.717, 1.165) is 34.2 Å². The molecule has 0 aliphatic rings. The average molecular weight is 577 g/mol. The third kappa shape index (κ3) is 6.87. The van der Waals surface area contributed by atoms with Crippen LogP contribution in [0, 0.1) is 30.3 Å². The van der Waals surface area contributed by atoms with Gasteiger partial charge in [0.15, 0.2) is 11.6 Å². The molecule has 4 aromatic rings. The summed E-state index contributed by atoms with van der Waals surface area (Å²) in [7, 11) is -4.35. The second kappa shape index (κ2) is 11.6. The summed E-state index contributed by atoms with van der Waals surface area (Å²) in [5, 5.41) is 2.33. The predicted octanol–water partition coefficient (Wildman–Crippen LogP) is 5.77. The number of benzene rings is 2. The van der Waals surface area contributed by atoms with E-state index >= 15 is 4.39 Å². The molecule has 0 saturated carbocycles. The maximum atomic E-state index is 15.1. The first-order chi connectivity index (χ1) is 18.4. The molecular formula is C27H27F3N4O3S2. The Hall–Kier alpha value is -3.64. The number of thiophene rings is 1. The van der Waals surface area contributed by atoms with Gasteiger partial charge in [0.25, 0.3) is 10.0 Å². The van der Waals surface area contributed by atoms with Crippen molar-refractivity contribution in [3.05, 3.63) is 94.1 Å². The normalized spacial score (nSPS) is 11.7. The van der Waals surface area contributed by atoms with Crippen molar-refractivity contribution in [1.82, 2.24) is 19.6 Å². The number of urea groups is 1. The van der Waals surface area contributed by atoms with Crippen LogP contribution in [0.3, 0.4) is 0 Å². The van der Waals surface area contributed by atoms with Crippen LogP contribution in [0.15, 0.2) is 59.1 Å². The Morgan fingerprint density at radius 1 is 1.05 bits per heavy atom. The number of carbonyl (C=O) groups is 1. The molecular weight excluding hydrogens is 549 g/mol. The summed E-state index contributed by atoms with van der Waals surface area (Å²) >= 11 is 1.01. The fraction of sp³-hybridized carbons (Fsp3) is 0.259. The summed E-state index contributed by atoms with van der Waals surface area (Å²) in [6.45, 7) is 5.84. The van der Waals surface area contributed by atoms with E-state index in [1.807, 2.05) is 25.5 Å². The summed E-state index contributed by atoms with van der Waals surface area (Å²) in [6.07, 6.45) is 3.96. The number of hydrogen-bond donors (Lipinski definition) is 2. The first-order valence-electron chi connectivity index (χ1n) is 12.1. The summed E-state index contributed by atoms with van der Waals surface area (Å²) in [5.41, 5.74) is 1.30.